The van der Waals surface area contributed by atoms with Crippen LogP contribution >= 0.6 is 22.7 Å². The first-order valence-electron chi connectivity index (χ1n) is 9.39. The zero-order valence-corrected chi connectivity index (χ0v) is 17.5. The van der Waals surface area contributed by atoms with Crippen molar-refractivity contribution in [2.75, 3.05) is 11.9 Å². The number of thiazole rings is 1. The lowest BCUT2D eigenvalue weighted by Crippen LogP contribution is -2.29. The van der Waals surface area contributed by atoms with Gasteiger partial charge >= 0.3 is 0 Å². The minimum atomic E-state index is -0.669. The van der Waals surface area contributed by atoms with Crippen LogP contribution in [0.1, 0.15) is 37.1 Å². The number of aromatic amines is 1. The molecule has 5 rings (SSSR count). The molecule has 10 heteroatoms. The van der Waals surface area contributed by atoms with E-state index in [1.807, 2.05) is 0 Å². The van der Waals surface area contributed by atoms with Crippen LogP contribution in [-0.4, -0.2) is 38.2 Å². The molecule has 30 heavy (non-hydrogen) atoms. The number of H-pyrrole nitrogens is 1. The first kappa shape index (κ1) is 18.9. The van der Waals surface area contributed by atoms with Gasteiger partial charge in [-0.15, -0.1) is 11.3 Å². The van der Waals surface area contributed by atoms with Gasteiger partial charge in [0.2, 0.25) is 0 Å². The molecule has 0 fully saturated rings. The molecule has 8 nitrogen and oxygen atoms in total. The van der Waals surface area contributed by atoms with Gasteiger partial charge in [-0.1, -0.05) is 6.07 Å². The summed E-state index contributed by atoms with van der Waals surface area (Å²) in [7, 11) is 0. The van der Waals surface area contributed by atoms with Crippen LogP contribution in [0.3, 0.4) is 0 Å². The molecule has 0 aliphatic carbocycles. The van der Waals surface area contributed by atoms with E-state index < -0.39 is 5.91 Å². The molecule has 0 spiro atoms. The highest BCUT2D eigenvalue weighted by atomic mass is 32.1. The van der Waals surface area contributed by atoms with Crippen LogP contribution in [0.25, 0.3) is 11.0 Å². The summed E-state index contributed by atoms with van der Waals surface area (Å²) in [6.45, 7) is 2.70. The average molecular weight is 439 g/mol. The van der Waals surface area contributed by atoms with E-state index in [9.17, 15) is 9.59 Å². The van der Waals surface area contributed by atoms with Gasteiger partial charge in [0.25, 0.3) is 11.8 Å². The Morgan fingerprint density at radius 1 is 1.27 bits per heavy atom. The standard InChI is InChI=1S/C20H18N6O2S2/c21-17(27)18-22-14-3-1-2-12(16(14)24-18)19(28)25-20-23-13-4-6-26(9-15(13)30-20)8-11-5-7-29-10-11/h1-3,5,7,10H,4,6,8-9H2,(H2,21,27)(H,22,24)(H,23,25,28). The third-order valence-corrected chi connectivity index (χ3v) is 6.74. The van der Waals surface area contributed by atoms with Crippen LogP contribution < -0.4 is 11.1 Å². The lowest BCUT2D eigenvalue weighted by atomic mass is 10.1. The van der Waals surface area contributed by atoms with E-state index in [2.05, 4.69) is 42.0 Å². The third-order valence-electron chi connectivity index (χ3n) is 5.01. The van der Waals surface area contributed by atoms with Crippen LogP contribution in [0.15, 0.2) is 35.0 Å². The zero-order chi connectivity index (χ0) is 20.7. The number of para-hydroxylation sites is 1. The molecule has 152 valence electrons. The molecule has 4 N–H and O–H groups in total. The lowest BCUT2D eigenvalue weighted by Gasteiger charge is -2.25. The first-order valence-corrected chi connectivity index (χ1v) is 11.1. The van der Waals surface area contributed by atoms with Crippen LogP contribution in [0.2, 0.25) is 0 Å². The summed E-state index contributed by atoms with van der Waals surface area (Å²) in [6, 6.07) is 7.29. The second kappa shape index (κ2) is 7.63. The number of nitrogens with zero attached hydrogens (tertiary/aromatic N) is 3. The molecule has 0 saturated heterocycles. The molecule has 4 aromatic rings. The van der Waals surface area contributed by atoms with Crippen molar-refractivity contribution in [1.82, 2.24) is 19.9 Å². The Morgan fingerprint density at radius 3 is 2.97 bits per heavy atom. The SMILES string of the molecule is NC(=O)c1nc2c(C(=O)Nc3nc4c(s3)CN(Cc3ccsc3)CC4)cccc2[nH]1. The average Bonchev–Trinajstić information content (AvgIpc) is 3.46. The highest BCUT2D eigenvalue weighted by Crippen LogP contribution is 2.30. The number of aromatic nitrogens is 3. The molecule has 2 amide bonds. The molecule has 0 saturated carbocycles. The summed E-state index contributed by atoms with van der Waals surface area (Å²) in [4.78, 5) is 39.5. The Balaban J connectivity index is 1.34. The third kappa shape index (κ3) is 3.60. The number of amides is 2. The molecule has 0 unspecified atom stereocenters. The molecule has 0 radical (unpaired) electrons. The molecule has 4 heterocycles. The number of anilines is 1. The van der Waals surface area contributed by atoms with Crippen molar-refractivity contribution in [3.8, 4) is 0 Å². The molecule has 0 atom stereocenters. The molecule has 1 aromatic carbocycles. The smallest absolute Gasteiger partial charge is 0.284 e. The molecule has 1 aliphatic rings. The van der Waals surface area contributed by atoms with Gasteiger partial charge in [0.15, 0.2) is 11.0 Å². The summed E-state index contributed by atoms with van der Waals surface area (Å²) in [5, 5.41) is 7.73. The second-order valence-electron chi connectivity index (χ2n) is 7.09. The second-order valence-corrected chi connectivity index (χ2v) is 8.95. The highest BCUT2D eigenvalue weighted by Gasteiger charge is 2.23. The van der Waals surface area contributed by atoms with Crippen LogP contribution in [0.4, 0.5) is 5.13 Å². The topological polar surface area (TPSA) is 117 Å². The maximum Gasteiger partial charge on any atom is 0.284 e. The number of imidazole rings is 1. The van der Waals surface area contributed by atoms with Crippen molar-refractivity contribution in [1.29, 1.82) is 0 Å². The maximum absolute atomic E-state index is 12.9. The quantitative estimate of drug-likeness (QED) is 0.443. The predicted molar refractivity (Wildman–Crippen MR) is 117 cm³/mol. The first-order chi connectivity index (χ1) is 14.6. The van der Waals surface area contributed by atoms with Gasteiger partial charge in [0.05, 0.1) is 16.8 Å². The molecular weight excluding hydrogens is 420 g/mol. The van der Waals surface area contributed by atoms with Gasteiger partial charge in [0, 0.05) is 30.9 Å². The van der Waals surface area contributed by atoms with E-state index in [1.165, 1.54) is 21.8 Å². The van der Waals surface area contributed by atoms with Gasteiger partial charge < -0.3 is 10.7 Å². The van der Waals surface area contributed by atoms with Gasteiger partial charge in [-0.2, -0.15) is 11.3 Å². The minimum absolute atomic E-state index is 0.0284. The number of carbonyl (C=O) groups excluding carboxylic acids is 2. The lowest BCUT2D eigenvalue weighted by molar-refractivity contribution is 0.0989. The fourth-order valence-electron chi connectivity index (χ4n) is 3.57. The Kier molecular flexibility index (Phi) is 4.81. The Hall–Kier alpha value is -3.08. The van der Waals surface area contributed by atoms with E-state index in [-0.39, 0.29) is 11.7 Å². The Labute approximate surface area is 179 Å². The number of primary amides is 1. The molecule has 0 bridgehead atoms. The van der Waals surface area contributed by atoms with Crippen molar-refractivity contribution < 1.29 is 9.59 Å². The van der Waals surface area contributed by atoms with Crippen LogP contribution in [0.5, 0.6) is 0 Å². The highest BCUT2D eigenvalue weighted by molar-refractivity contribution is 7.15. The number of nitrogens with two attached hydrogens (primary N) is 1. The van der Waals surface area contributed by atoms with E-state index >= 15 is 0 Å². The van der Waals surface area contributed by atoms with Crippen molar-refractivity contribution in [3.63, 3.8) is 0 Å². The maximum atomic E-state index is 12.9. The van der Waals surface area contributed by atoms with Crippen molar-refractivity contribution >= 4 is 50.7 Å². The summed E-state index contributed by atoms with van der Waals surface area (Å²) in [5.74, 6) is -0.956. The van der Waals surface area contributed by atoms with Gasteiger partial charge in [-0.3, -0.25) is 19.8 Å². The largest absolute Gasteiger partial charge is 0.363 e. The van der Waals surface area contributed by atoms with Gasteiger partial charge in [-0.05, 0) is 34.5 Å². The number of fused-ring (bicyclic) bond motifs is 2. The van der Waals surface area contributed by atoms with E-state index in [4.69, 9.17) is 5.73 Å². The summed E-state index contributed by atoms with van der Waals surface area (Å²) < 4.78 is 0. The number of hydrogen-bond acceptors (Lipinski definition) is 7. The fraction of sp³-hybridized carbons (Fsp3) is 0.200. The summed E-state index contributed by atoms with van der Waals surface area (Å²) in [5.41, 5.74) is 9.02. The Morgan fingerprint density at radius 2 is 2.17 bits per heavy atom. The van der Waals surface area contributed by atoms with Crippen LogP contribution in [0, 0.1) is 0 Å². The molecule has 1 aliphatic heterocycles. The minimum Gasteiger partial charge on any atom is -0.363 e. The van der Waals surface area contributed by atoms with E-state index in [1.54, 1.807) is 29.5 Å². The number of thiophene rings is 1. The number of hydrogen-bond donors (Lipinski definition) is 3. The molecule has 3 aromatic heterocycles. The summed E-state index contributed by atoms with van der Waals surface area (Å²) >= 11 is 3.22. The normalized spacial score (nSPS) is 14.0. The Bertz CT molecular complexity index is 1240. The van der Waals surface area contributed by atoms with E-state index in [0.29, 0.717) is 21.7 Å². The molecular formula is C20H18N6O2S2. The van der Waals surface area contributed by atoms with Gasteiger partial charge in [0.1, 0.15) is 5.52 Å². The fourth-order valence-corrected chi connectivity index (χ4v) is 5.28. The zero-order valence-electron chi connectivity index (χ0n) is 15.8. The monoisotopic (exact) mass is 438 g/mol. The van der Waals surface area contributed by atoms with Crippen LogP contribution in [-0.2, 0) is 19.5 Å². The van der Waals surface area contributed by atoms with Crippen molar-refractivity contribution in [2.45, 2.75) is 19.5 Å². The number of carbonyl (C=O) groups is 2. The number of nitrogens with one attached hydrogen (secondary N) is 2. The summed E-state index contributed by atoms with van der Waals surface area (Å²) in [6.07, 6.45) is 0.864. The number of rotatable bonds is 5. The van der Waals surface area contributed by atoms with E-state index in [0.717, 1.165) is 31.7 Å². The number of benzene rings is 1. The van der Waals surface area contributed by atoms with Crippen molar-refractivity contribution in [2.24, 2.45) is 5.73 Å². The van der Waals surface area contributed by atoms with Gasteiger partial charge in [-0.25, -0.2) is 9.97 Å². The van der Waals surface area contributed by atoms with Crippen molar-refractivity contribution in [3.05, 3.63) is 62.5 Å². The predicted octanol–water partition coefficient (Wildman–Crippen LogP) is 2.99.